The van der Waals surface area contributed by atoms with Gasteiger partial charge in [-0.15, -0.1) is 0 Å². The Morgan fingerprint density at radius 2 is 2.00 bits per heavy atom. The molecule has 3 N–H and O–H groups in total. The number of hydrogen-bond acceptors (Lipinski definition) is 6. The number of carbonyl (C=O) groups excluding carboxylic acids is 1. The third kappa shape index (κ3) is 6.56. The van der Waals surface area contributed by atoms with E-state index in [4.69, 9.17) is 9.26 Å². The van der Waals surface area contributed by atoms with E-state index in [1.807, 2.05) is 20.8 Å². The van der Waals surface area contributed by atoms with Gasteiger partial charge in [0.15, 0.2) is 0 Å². The number of aromatic nitrogens is 1. The van der Waals surface area contributed by atoms with Crippen molar-refractivity contribution < 1.29 is 19.2 Å². The highest BCUT2D eigenvalue weighted by atomic mass is 16.5. The summed E-state index contributed by atoms with van der Waals surface area (Å²) in [6.45, 7) is 8.49. The Kier molecular flexibility index (Phi) is 6.17. The number of rotatable bonds is 7. The topological polar surface area (TPSA) is 96.6 Å². The zero-order valence-corrected chi connectivity index (χ0v) is 15.0. The fourth-order valence-electron chi connectivity index (χ4n) is 1.97. The highest BCUT2D eigenvalue weighted by Gasteiger charge is 2.13. The number of hydrogen-bond donors (Lipinski definition) is 3. The number of aliphatic hydroxyl groups excluding tert-OH is 1. The van der Waals surface area contributed by atoms with Crippen LogP contribution in [0.3, 0.4) is 0 Å². The van der Waals surface area contributed by atoms with E-state index in [-0.39, 0.29) is 23.8 Å². The number of benzene rings is 1. The molecule has 0 radical (unpaired) electrons. The third-order valence-electron chi connectivity index (χ3n) is 3.27. The van der Waals surface area contributed by atoms with Crippen molar-refractivity contribution in [1.29, 1.82) is 0 Å². The second-order valence-electron chi connectivity index (χ2n) is 6.91. The predicted molar refractivity (Wildman–Crippen MR) is 94.9 cm³/mol. The minimum Gasteiger partial charge on any atom is -0.491 e. The first-order valence-corrected chi connectivity index (χ1v) is 8.13. The number of amides is 1. The molecule has 136 valence electrons. The monoisotopic (exact) mass is 347 g/mol. The molecule has 2 aromatic rings. The predicted octanol–water partition coefficient (Wildman–Crippen LogP) is 2.36. The van der Waals surface area contributed by atoms with Crippen LogP contribution in [0.2, 0.25) is 0 Å². The maximum Gasteiger partial charge on any atom is 0.294 e. The van der Waals surface area contributed by atoms with Crippen molar-refractivity contribution >= 4 is 11.6 Å². The van der Waals surface area contributed by atoms with E-state index in [0.29, 0.717) is 23.7 Å². The summed E-state index contributed by atoms with van der Waals surface area (Å²) in [4.78, 5) is 12.0. The first kappa shape index (κ1) is 19.0. The van der Waals surface area contributed by atoms with Gasteiger partial charge in [-0.3, -0.25) is 4.79 Å². The molecule has 0 aliphatic heterocycles. The Bertz CT molecular complexity index is 689. The SMILES string of the molecule is Cc1cc(C(=O)Nc2ccc(OCC(O)CNC(C)(C)C)cc2)on1. The summed E-state index contributed by atoms with van der Waals surface area (Å²) < 4.78 is 10.5. The average molecular weight is 347 g/mol. The van der Waals surface area contributed by atoms with Gasteiger partial charge >= 0.3 is 0 Å². The summed E-state index contributed by atoms with van der Waals surface area (Å²) in [5.41, 5.74) is 1.21. The van der Waals surface area contributed by atoms with Gasteiger partial charge in [0.25, 0.3) is 5.91 Å². The lowest BCUT2D eigenvalue weighted by molar-refractivity contribution is 0.0988. The van der Waals surface area contributed by atoms with Crippen LogP contribution in [-0.4, -0.2) is 41.0 Å². The highest BCUT2D eigenvalue weighted by Crippen LogP contribution is 2.17. The summed E-state index contributed by atoms with van der Waals surface area (Å²) in [6.07, 6.45) is -0.603. The Morgan fingerprint density at radius 1 is 1.32 bits per heavy atom. The molecular formula is C18H25N3O4. The number of anilines is 1. The van der Waals surface area contributed by atoms with Crippen molar-refractivity contribution in [2.75, 3.05) is 18.5 Å². The smallest absolute Gasteiger partial charge is 0.294 e. The van der Waals surface area contributed by atoms with Crippen molar-refractivity contribution in [3.63, 3.8) is 0 Å². The van der Waals surface area contributed by atoms with Gasteiger partial charge in [0, 0.05) is 23.8 Å². The average Bonchev–Trinajstić information content (AvgIpc) is 2.98. The summed E-state index contributed by atoms with van der Waals surface area (Å²) in [5, 5.41) is 19.5. The van der Waals surface area contributed by atoms with E-state index in [1.54, 1.807) is 37.3 Å². The van der Waals surface area contributed by atoms with Crippen molar-refractivity contribution in [2.24, 2.45) is 0 Å². The molecule has 1 atom stereocenters. The maximum absolute atomic E-state index is 12.0. The standard InChI is InChI=1S/C18H25N3O4/c1-12-9-16(25-21-12)17(23)20-13-5-7-15(8-6-13)24-11-14(22)10-19-18(2,3)4/h5-9,14,19,22H,10-11H2,1-4H3,(H,20,23). The fraction of sp³-hybridized carbons (Fsp3) is 0.444. The zero-order chi connectivity index (χ0) is 18.4. The lowest BCUT2D eigenvalue weighted by Gasteiger charge is -2.23. The zero-order valence-electron chi connectivity index (χ0n) is 15.0. The summed E-state index contributed by atoms with van der Waals surface area (Å²) in [6, 6.07) is 8.46. The number of aryl methyl sites for hydroxylation is 1. The summed E-state index contributed by atoms with van der Waals surface area (Å²) >= 11 is 0. The third-order valence-corrected chi connectivity index (χ3v) is 3.27. The van der Waals surface area contributed by atoms with Crippen LogP contribution in [0.1, 0.15) is 37.0 Å². The second kappa shape index (κ2) is 8.13. The normalized spacial score (nSPS) is 12.7. The van der Waals surface area contributed by atoms with Gasteiger partial charge in [0.1, 0.15) is 18.5 Å². The molecule has 7 heteroatoms. The van der Waals surface area contributed by atoms with E-state index < -0.39 is 6.10 Å². The summed E-state index contributed by atoms with van der Waals surface area (Å²) in [5.74, 6) is 0.411. The first-order chi connectivity index (χ1) is 11.7. The van der Waals surface area contributed by atoms with Crippen LogP contribution in [0, 0.1) is 6.92 Å². The van der Waals surface area contributed by atoms with Crippen LogP contribution in [0.4, 0.5) is 5.69 Å². The molecule has 2 rings (SSSR count). The molecule has 7 nitrogen and oxygen atoms in total. The number of aliphatic hydroxyl groups is 1. The minimum atomic E-state index is -0.603. The van der Waals surface area contributed by atoms with Crippen molar-refractivity contribution in [1.82, 2.24) is 10.5 Å². The lowest BCUT2D eigenvalue weighted by Crippen LogP contribution is -2.42. The molecule has 1 aromatic heterocycles. The van der Waals surface area contributed by atoms with Gasteiger partial charge in [0.05, 0.1) is 5.69 Å². The molecule has 0 saturated carbocycles. The quantitative estimate of drug-likeness (QED) is 0.711. The second-order valence-corrected chi connectivity index (χ2v) is 6.91. The van der Waals surface area contributed by atoms with Gasteiger partial charge in [-0.05, 0) is 52.0 Å². The molecular weight excluding hydrogens is 322 g/mol. The van der Waals surface area contributed by atoms with Gasteiger partial charge < -0.3 is 25.0 Å². The van der Waals surface area contributed by atoms with Crippen molar-refractivity contribution in [3.8, 4) is 5.75 Å². The maximum atomic E-state index is 12.0. The number of ether oxygens (including phenoxy) is 1. The van der Waals surface area contributed by atoms with Crippen LogP contribution < -0.4 is 15.4 Å². The molecule has 0 spiro atoms. The van der Waals surface area contributed by atoms with Crippen molar-refractivity contribution in [2.45, 2.75) is 39.3 Å². The van der Waals surface area contributed by atoms with Gasteiger partial charge in [-0.1, -0.05) is 5.16 Å². The first-order valence-electron chi connectivity index (χ1n) is 8.13. The Balaban J connectivity index is 1.80. The highest BCUT2D eigenvalue weighted by molar-refractivity contribution is 6.02. The van der Waals surface area contributed by atoms with E-state index >= 15 is 0 Å². The Morgan fingerprint density at radius 3 is 2.56 bits per heavy atom. The van der Waals surface area contributed by atoms with E-state index in [2.05, 4.69) is 15.8 Å². The van der Waals surface area contributed by atoms with Crippen LogP contribution in [0.25, 0.3) is 0 Å². The Hall–Kier alpha value is -2.38. The van der Waals surface area contributed by atoms with E-state index in [0.717, 1.165) is 0 Å². The number of β-amino-alcohol motifs (C(OH)–C–C–N with tert-alkyl or cyclic N) is 1. The van der Waals surface area contributed by atoms with Crippen LogP contribution in [0.5, 0.6) is 5.75 Å². The van der Waals surface area contributed by atoms with E-state index in [9.17, 15) is 9.90 Å². The lowest BCUT2D eigenvalue weighted by atomic mass is 10.1. The van der Waals surface area contributed by atoms with Gasteiger partial charge in [-0.2, -0.15) is 0 Å². The molecule has 1 unspecified atom stereocenters. The number of carbonyl (C=O) groups is 1. The van der Waals surface area contributed by atoms with Crippen LogP contribution in [0.15, 0.2) is 34.9 Å². The van der Waals surface area contributed by atoms with Gasteiger partial charge in [0.2, 0.25) is 5.76 Å². The van der Waals surface area contributed by atoms with E-state index in [1.165, 1.54) is 0 Å². The molecule has 0 fully saturated rings. The largest absolute Gasteiger partial charge is 0.491 e. The molecule has 0 aliphatic carbocycles. The summed E-state index contributed by atoms with van der Waals surface area (Å²) in [7, 11) is 0. The Labute approximate surface area is 147 Å². The molecule has 1 aromatic carbocycles. The van der Waals surface area contributed by atoms with Crippen LogP contribution >= 0.6 is 0 Å². The molecule has 1 amide bonds. The van der Waals surface area contributed by atoms with Gasteiger partial charge in [-0.25, -0.2) is 0 Å². The fourth-order valence-corrected chi connectivity index (χ4v) is 1.97. The number of nitrogens with one attached hydrogen (secondary N) is 2. The molecule has 0 bridgehead atoms. The molecule has 0 saturated heterocycles. The molecule has 0 aliphatic rings. The van der Waals surface area contributed by atoms with Crippen molar-refractivity contribution in [3.05, 3.63) is 41.8 Å². The van der Waals surface area contributed by atoms with Crippen LogP contribution in [-0.2, 0) is 0 Å². The minimum absolute atomic E-state index is 0.0527. The number of nitrogens with zero attached hydrogens (tertiary/aromatic N) is 1. The molecule has 25 heavy (non-hydrogen) atoms. The molecule has 1 heterocycles.